The SMILES string of the molecule is CC[C@@H](N)CNc1nc(-c2cc(Cl)ccc2O)nc(C)c1-c1ccccc1. The number of nitrogens with two attached hydrogens (primary N) is 1. The fraction of sp³-hybridized carbons (Fsp3) is 0.238. The van der Waals surface area contributed by atoms with Crippen LogP contribution in [0.2, 0.25) is 5.02 Å². The molecular formula is C21H23ClN4O. The Morgan fingerprint density at radius 1 is 1.15 bits per heavy atom. The van der Waals surface area contributed by atoms with Crippen LogP contribution in [0.5, 0.6) is 5.75 Å². The molecule has 140 valence electrons. The average Bonchev–Trinajstić information content (AvgIpc) is 2.68. The van der Waals surface area contributed by atoms with Crippen molar-refractivity contribution in [2.24, 2.45) is 5.73 Å². The Balaban J connectivity index is 2.13. The minimum atomic E-state index is 0.0203. The molecule has 0 spiro atoms. The number of aryl methyl sites for hydroxylation is 1. The Kier molecular flexibility index (Phi) is 5.94. The van der Waals surface area contributed by atoms with E-state index in [-0.39, 0.29) is 11.8 Å². The average molecular weight is 383 g/mol. The first kappa shape index (κ1) is 19.1. The van der Waals surface area contributed by atoms with E-state index in [9.17, 15) is 5.11 Å². The highest BCUT2D eigenvalue weighted by Crippen LogP contribution is 2.34. The number of nitrogens with zero attached hydrogens (tertiary/aromatic N) is 2. The number of phenolic OH excluding ortho intramolecular Hbond substituents is 1. The van der Waals surface area contributed by atoms with Crippen molar-refractivity contribution in [3.8, 4) is 28.3 Å². The Morgan fingerprint density at radius 2 is 1.89 bits per heavy atom. The fourth-order valence-electron chi connectivity index (χ4n) is 2.83. The summed E-state index contributed by atoms with van der Waals surface area (Å²) in [6, 6.07) is 14.8. The molecule has 3 rings (SSSR count). The van der Waals surface area contributed by atoms with Gasteiger partial charge in [0.2, 0.25) is 0 Å². The lowest BCUT2D eigenvalue weighted by molar-refractivity contribution is 0.477. The third kappa shape index (κ3) is 4.38. The van der Waals surface area contributed by atoms with Gasteiger partial charge in [-0.15, -0.1) is 0 Å². The van der Waals surface area contributed by atoms with Gasteiger partial charge in [-0.25, -0.2) is 9.97 Å². The van der Waals surface area contributed by atoms with E-state index in [1.165, 1.54) is 0 Å². The predicted molar refractivity (Wildman–Crippen MR) is 111 cm³/mol. The summed E-state index contributed by atoms with van der Waals surface area (Å²) in [5.74, 6) is 1.19. The van der Waals surface area contributed by atoms with E-state index >= 15 is 0 Å². The first-order chi connectivity index (χ1) is 13.0. The van der Waals surface area contributed by atoms with Gasteiger partial charge in [-0.3, -0.25) is 0 Å². The van der Waals surface area contributed by atoms with Gasteiger partial charge in [0.25, 0.3) is 0 Å². The maximum atomic E-state index is 10.2. The summed E-state index contributed by atoms with van der Waals surface area (Å²) >= 11 is 6.10. The lowest BCUT2D eigenvalue weighted by atomic mass is 10.0. The molecule has 5 nitrogen and oxygen atoms in total. The number of halogens is 1. The molecule has 2 aromatic carbocycles. The molecule has 6 heteroatoms. The summed E-state index contributed by atoms with van der Waals surface area (Å²) in [6.45, 7) is 4.57. The van der Waals surface area contributed by atoms with Crippen molar-refractivity contribution in [2.75, 3.05) is 11.9 Å². The molecule has 0 aliphatic carbocycles. The Hall–Kier alpha value is -2.63. The zero-order valence-electron chi connectivity index (χ0n) is 15.4. The number of rotatable bonds is 6. The molecular weight excluding hydrogens is 360 g/mol. The normalized spacial score (nSPS) is 12.0. The highest BCUT2D eigenvalue weighted by molar-refractivity contribution is 6.30. The molecule has 0 bridgehead atoms. The molecule has 0 aliphatic rings. The van der Waals surface area contributed by atoms with E-state index in [1.807, 2.05) is 44.2 Å². The molecule has 0 amide bonds. The lowest BCUT2D eigenvalue weighted by Gasteiger charge is -2.17. The molecule has 3 aromatic rings. The van der Waals surface area contributed by atoms with E-state index in [2.05, 4.69) is 10.3 Å². The number of aromatic nitrogens is 2. The molecule has 0 aliphatic heterocycles. The molecule has 0 radical (unpaired) electrons. The van der Waals surface area contributed by atoms with Crippen LogP contribution in [0.15, 0.2) is 48.5 Å². The van der Waals surface area contributed by atoms with Gasteiger partial charge in [0.05, 0.1) is 11.3 Å². The maximum Gasteiger partial charge on any atom is 0.165 e. The van der Waals surface area contributed by atoms with Crippen molar-refractivity contribution in [1.29, 1.82) is 0 Å². The number of phenols is 1. The monoisotopic (exact) mass is 382 g/mol. The zero-order chi connectivity index (χ0) is 19.4. The van der Waals surface area contributed by atoms with Crippen LogP contribution in [0.1, 0.15) is 19.0 Å². The van der Waals surface area contributed by atoms with E-state index < -0.39 is 0 Å². The second-order valence-corrected chi connectivity index (χ2v) is 6.87. The van der Waals surface area contributed by atoms with Crippen LogP contribution in [0.25, 0.3) is 22.5 Å². The Labute approximate surface area is 164 Å². The first-order valence-electron chi connectivity index (χ1n) is 8.92. The van der Waals surface area contributed by atoms with Crippen LogP contribution in [0, 0.1) is 6.92 Å². The lowest BCUT2D eigenvalue weighted by Crippen LogP contribution is -2.28. The van der Waals surface area contributed by atoms with Crippen LogP contribution in [0.3, 0.4) is 0 Å². The Morgan fingerprint density at radius 3 is 2.59 bits per heavy atom. The van der Waals surface area contributed by atoms with Crippen molar-refractivity contribution < 1.29 is 5.11 Å². The number of benzene rings is 2. The molecule has 0 fully saturated rings. The van der Waals surface area contributed by atoms with Crippen molar-refractivity contribution in [1.82, 2.24) is 9.97 Å². The van der Waals surface area contributed by atoms with E-state index in [1.54, 1.807) is 18.2 Å². The molecule has 4 N–H and O–H groups in total. The smallest absolute Gasteiger partial charge is 0.165 e. The van der Waals surface area contributed by atoms with Crippen LogP contribution < -0.4 is 11.1 Å². The molecule has 0 saturated heterocycles. The summed E-state index contributed by atoms with van der Waals surface area (Å²) in [7, 11) is 0. The second kappa shape index (κ2) is 8.37. The minimum Gasteiger partial charge on any atom is -0.507 e. The van der Waals surface area contributed by atoms with Crippen molar-refractivity contribution in [3.63, 3.8) is 0 Å². The number of aromatic hydroxyl groups is 1. The summed E-state index contributed by atoms with van der Waals surface area (Å²) in [6.07, 6.45) is 0.861. The van der Waals surface area contributed by atoms with Crippen molar-refractivity contribution in [3.05, 3.63) is 59.2 Å². The molecule has 1 aromatic heterocycles. The summed E-state index contributed by atoms with van der Waals surface area (Å²) in [5.41, 5.74) is 9.31. The van der Waals surface area contributed by atoms with Gasteiger partial charge in [0.1, 0.15) is 11.6 Å². The zero-order valence-corrected chi connectivity index (χ0v) is 16.2. The number of anilines is 1. The second-order valence-electron chi connectivity index (χ2n) is 6.43. The van der Waals surface area contributed by atoms with Crippen LogP contribution in [0.4, 0.5) is 5.82 Å². The van der Waals surface area contributed by atoms with Crippen molar-refractivity contribution in [2.45, 2.75) is 26.3 Å². The Bertz CT molecular complexity index is 931. The van der Waals surface area contributed by atoms with E-state index in [0.717, 1.165) is 23.2 Å². The molecule has 27 heavy (non-hydrogen) atoms. The molecule has 0 unspecified atom stereocenters. The van der Waals surface area contributed by atoms with E-state index in [0.29, 0.717) is 28.8 Å². The van der Waals surface area contributed by atoms with Crippen LogP contribution in [-0.2, 0) is 0 Å². The molecule has 1 atom stereocenters. The van der Waals surface area contributed by atoms with E-state index in [4.69, 9.17) is 22.3 Å². The third-order valence-corrected chi connectivity index (χ3v) is 4.64. The molecule has 0 saturated carbocycles. The summed E-state index contributed by atoms with van der Waals surface area (Å²) < 4.78 is 0. The van der Waals surface area contributed by atoms with Gasteiger partial charge in [-0.2, -0.15) is 0 Å². The summed E-state index contributed by atoms with van der Waals surface area (Å²) in [5, 5.41) is 14.1. The van der Waals surface area contributed by atoms with Gasteiger partial charge in [0.15, 0.2) is 5.82 Å². The van der Waals surface area contributed by atoms with Crippen LogP contribution >= 0.6 is 11.6 Å². The molecule has 1 heterocycles. The predicted octanol–water partition coefficient (Wildman–Crippen LogP) is 4.63. The largest absolute Gasteiger partial charge is 0.507 e. The first-order valence-corrected chi connectivity index (χ1v) is 9.29. The van der Waals surface area contributed by atoms with Gasteiger partial charge < -0.3 is 16.2 Å². The van der Waals surface area contributed by atoms with Gasteiger partial charge >= 0.3 is 0 Å². The summed E-state index contributed by atoms with van der Waals surface area (Å²) in [4.78, 5) is 9.32. The minimum absolute atomic E-state index is 0.0203. The standard InChI is InChI=1S/C21H23ClN4O/c1-3-16(23)12-24-21-19(14-7-5-4-6-8-14)13(2)25-20(26-21)17-11-15(22)9-10-18(17)27/h4-11,16,27H,3,12,23H2,1-2H3,(H,24,25,26)/t16-/m1/s1. The highest BCUT2D eigenvalue weighted by Gasteiger charge is 2.17. The maximum absolute atomic E-state index is 10.2. The number of hydrogen-bond acceptors (Lipinski definition) is 5. The van der Waals surface area contributed by atoms with Gasteiger partial charge in [0, 0.05) is 23.2 Å². The fourth-order valence-corrected chi connectivity index (χ4v) is 3.00. The number of hydrogen-bond donors (Lipinski definition) is 3. The number of nitrogens with one attached hydrogen (secondary N) is 1. The highest BCUT2D eigenvalue weighted by atomic mass is 35.5. The quantitative estimate of drug-likeness (QED) is 0.579. The van der Waals surface area contributed by atoms with Gasteiger partial charge in [-0.05, 0) is 37.1 Å². The van der Waals surface area contributed by atoms with Gasteiger partial charge in [-0.1, -0.05) is 48.9 Å². The van der Waals surface area contributed by atoms with Crippen molar-refractivity contribution >= 4 is 17.4 Å². The third-order valence-electron chi connectivity index (χ3n) is 4.41. The topological polar surface area (TPSA) is 84.1 Å². The van der Waals surface area contributed by atoms with Crippen LogP contribution in [-0.4, -0.2) is 27.7 Å².